The van der Waals surface area contributed by atoms with E-state index in [4.69, 9.17) is 21.1 Å². The molecule has 0 N–H and O–H groups in total. The highest BCUT2D eigenvalue weighted by molar-refractivity contribution is 7.99. The summed E-state index contributed by atoms with van der Waals surface area (Å²) in [6.07, 6.45) is 3.26. The van der Waals surface area contributed by atoms with Crippen molar-refractivity contribution in [2.45, 2.75) is 37.6 Å². The van der Waals surface area contributed by atoms with Gasteiger partial charge in [0.1, 0.15) is 0 Å². The van der Waals surface area contributed by atoms with E-state index in [9.17, 15) is 4.79 Å². The average Bonchev–Trinajstić information content (AvgIpc) is 2.69. The van der Waals surface area contributed by atoms with Crippen LogP contribution in [0.1, 0.15) is 26.3 Å². The van der Waals surface area contributed by atoms with Crippen LogP contribution >= 0.6 is 23.4 Å². The van der Waals surface area contributed by atoms with Gasteiger partial charge in [0, 0.05) is 28.4 Å². The molecule has 1 aromatic heterocycles. The molecule has 0 atom stereocenters. The van der Waals surface area contributed by atoms with Crippen LogP contribution in [-0.2, 0) is 0 Å². The molecule has 1 heterocycles. The van der Waals surface area contributed by atoms with Crippen molar-refractivity contribution in [3.05, 3.63) is 69.7 Å². The monoisotopic (exact) mass is 444 g/mol. The van der Waals surface area contributed by atoms with E-state index in [0.717, 1.165) is 10.5 Å². The number of hydrogen-bond donors (Lipinski definition) is 0. The van der Waals surface area contributed by atoms with Crippen LogP contribution in [0.4, 0.5) is 0 Å². The molecule has 0 spiro atoms. The molecule has 0 bridgehead atoms. The van der Waals surface area contributed by atoms with Crippen molar-refractivity contribution in [1.29, 1.82) is 0 Å². The third kappa shape index (κ3) is 5.37. The van der Waals surface area contributed by atoms with Crippen LogP contribution in [-0.4, -0.2) is 23.3 Å². The van der Waals surface area contributed by atoms with Crippen LogP contribution in [0, 0.1) is 12.3 Å². The Balaban J connectivity index is 1.92. The van der Waals surface area contributed by atoms with E-state index in [1.807, 2.05) is 31.2 Å². The van der Waals surface area contributed by atoms with Crippen LogP contribution in [0.3, 0.4) is 0 Å². The topological polar surface area (TPSA) is 53.4 Å². The van der Waals surface area contributed by atoms with Gasteiger partial charge in [-0.2, -0.15) is 0 Å². The minimum absolute atomic E-state index is 0.0254. The highest BCUT2D eigenvalue weighted by atomic mass is 35.5. The number of aryl methyl sites for hydroxylation is 1. The van der Waals surface area contributed by atoms with E-state index >= 15 is 0 Å². The smallest absolute Gasteiger partial charge is 0.287 e. The van der Waals surface area contributed by atoms with E-state index in [-0.39, 0.29) is 11.0 Å². The lowest BCUT2D eigenvalue weighted by Gasteiger charge is -2.20. The molecule has 0 saturated carbocycles. The number of hydrogen-bond acceptors (Lipinski definition) is 5. The Bertz CT molecular complexity index is 1110. The summed E-state index contributed by atoms with van der Waals surface area (Å²) in [5.41, 5.74) is 1.49. The van der Waals surface area contributed by atoms with Crippen molar-refractivity contribution in [2.75, 3.05) is 13.7 Å². The van der Waals surface area contributed by atoms with E-state index < -0.39 is 0 Å². The SMILES string of the molecule is COc1cc(-n2ccnc(Sc3ccc(Cl)cc3C)c2=O)ccc1OCC(C)(C)C. The lowest BCUT2D eigenvalue weighted by atomic mass is 9.99. The lowest BCUT2D eigenvalue weighted by molar-refractivity contribution is 0.191. The molecule has 3 aromatic rings. The van der Waals surface area contributed by atoms with Crippen molar-refractivity contribution in [3.8, 4) is 17.2 Å². The first-order valence-corrected chi connectivity index (χ1v) is 10.7. The fourth-order valence-corrected chi connectivity index (χ4v) is 3.81. The summed E-state index contributed by atoms with van der Waals surface area (Å²) in [6.45, 7) is 8.82. The van der Waals surface area contributed by atoms with Crippen LogP contribution in [0.5, 0.6) is 11.5 Å². The van der Waals surface area contributed by atoms with Gasteiger partial charge in [-0.3, -0.25) is 9.36 Å². The molecule has 0 amide bonds. The molecular weight excluding hydrogens is 420 g/mol. The van der Waals surface area contributed by atoms with Crippen LogP contribution in [0.2, 0.25) is 5.02 Å². The first-order chi connectivity index (χ1) is 14.2. The molecule has 30 heavy (non-hydrogen) atoms. The molecule has 0 saturated heterocycles. The van der Waals surface area contributed by atoms with Gasteiger partial charge in [-0.1, -0.05) is 44.1 Å². The number of halogens is 1. The Morgan fingerprint density at radius 2 is 1.90 bits per heavy atom. The maximum Gasteiger partial charge on any atom is 0.287 e. The van der Waals surface area contributed by atoms with Crippen LogP contribution in [0.25, 0.3) is 5.69 Å². The normalized spacial score (nSPS) is 11.4. The second kappa shape index (κ2) is 9.14. The molecule has 0 unspecified atom stereocenters. The molecule has 158 valence electrons. The fraction of sp³-hybridized carbons (Fsp3) is 0.304. The van der Waals surface area contributed by atoms with E-state index in [0.29, 0.717) is 33.8 Å². The third-order valence-corrected chi connectivity index (χ3v) is 5.63. The Hall–Kier alpha value is -2.44. The summed E-state index contributed by atoms with van der Waals surface area (Å²) in [6, 6.07) is 11.0. The number of benzene rings is 2. The van der Waals surface area contributed by atoms with Crippen LogP contribution < -0.4 is 15.0 Å². The van der Waals surface area contributed by atoms with Crippen molar-refractivity contribution in [2.24, 2.45) is 5.41 Å². The van der Waals surface area contributed by atoms with Crippen molar-refractivity contribution in [1.82, 2.24) is 9.55 Å². The molecule has 5 nitrogen and oxygen atoms in total. The van der Waals surface area contributed by atoms with E-state index in [2.05, 4.69) is 25.8 Å². The van der Waals surface area contributed by atoms with Gasteiger partial charge in [0.2, 0.25) is 0 Å². The maximum absolute atomic E-state index is 13.1. The number of methoxy groups -OCH3 is 1. The second-order valence-corrected chi connectivity index (χ2v) is 9.57. The van der Waals surface area contributed by atoms with E-state index in [1.54, 1.807) is 36.2 Å². The van der Waals surface area contributed by atoms with Gasteiger partial charge < -0.3 is 9.47 Å². The zero-order chi connectivity index (χ0) is 21.9. The summed E-state index contributed by atoms with van der Waals surface area (Å²) in [7, 11) is 1.59. The molecule has 0 aliphatic carbocycles. The Morgan fingerprint density at radius 3 is 2.57 bits per heavy atom. The number of rotatable bonds is 6. The Morgan fingerprint density at radius 1 is 1.13 bits per heavy atom. The lowest BCUT2D eigenvalue weighted by Crippen LogP contribution is -2.20. The van der Waals surface area contributed by atoms with Gasteiger partial charge in [-0.25, -0.2) is 4.98 Å². The standard InChI is InChI=1S/C23H25ClN2O3S/c1-15-12-16(24)6-9-20(15)30-21-22(27)26(11-10-25-21)17-7-8-18(19(13-17)28-5)29-14-23(2,3)4/h6-13H,14H2,1-5H3. The molecule has 0 radical (unpaired) electrons. The minimum Gasteiger partial charge on any atom is -0.493 e. The predicted octanol–water partition coefficient (Wildman–Crippen LogP) is 5.78. The zero-order valence-electron chi connectivity index (χ0n) is 17.7. The summed E-state index contributed by atoms with van der Waals surface area (Å²) in [5, 5.41) is 1.05. The number of ether oxygens (including phenoxy) is 2. The Kier molecular flexibility index (Phi) is 6.78. The van der Waals surface area contributed by atoms with Gasteiger partial charge >= 0.3 is 0 Å². The molecule has 7 heteroatoms. The quantitative estimate of drug-likeness (QED) is 0.482. The van der Waals surface area contributed by atoms with Crippen LogP contribution in [0.15, 0.2) is 63.5 Å². The minimum atomic E-state index is -0.206. The summed E-state index contributed by atoms with van der Waals surface area (Å²) < 4.78 is 12.9. The van der Waals surface area contributed by atoms with Crippen molar-refractivity contribution >= 4 is 23.4 Å². The molecular formula is C23H25ClN2O3S. The number of nitrogens with zero attached hydrogens (tertiary/aromatic N) is 2. The van der Waals surface area contributed by atoms with Crippen molar-refractivity contribution < 1.29 is 9.47 Å². The molecule has 0 aliphatic rings. The van der Waals surface area contributed by atoms with E-state index in [1.165, 1.54) is 11.8 Å². The van der Waals surface area contributed by atoms with Gasteiger partial charge in [0.25, 0.3) is 5.56 Å². The summed E-state index contributed by atoms with van der Waals surface area (Å²) in [5.74, 6) is 1.22. The molecule has 0 fully saturated rings. The van der Waals surface area contributed by atoms with Gasteiger partial charge in [-0.15, -0.1) is 0 Å². The maximum atomic E-state index is 13.1. The highest BCUT2D eigenvalue weighted by Gasteiger charge is 2.15. The zero-order valence-corrected chi connectivity index (χ0v) is 19.3. The average molecular weight is 445 g/mol. The number of aromatic nitrogens is 2. The van der Waals surface area contributed by atoms with Gasteiger partial charge in [0.05, 0.1) is 19.4 Å². The third-order valence-electron chi connectivity index (χ3n) is 4.24. The first kappa shape index (κ1) is 22.2. The van der Waals surface area contributed by atoms with Gasteiger partial charge in [0.15, 0.2) is 16.5 Å². The fourth-order valence-electron chi connectivity index (χ4n) is 2.72. The van der Waals surface area contributed by atoms with Gasteiger partial charge in [-0.05, 0) is 48.2 Å². The summed E-state index contributed by atoms with van der Waals surface area (Å²) >= 11 is 7.36. The Labute approximate surface area is 186 Å². The predicted molar refractivity (Wildman–Crippen MR) is 122 cm³/mol. The molecule has 3 rings (SSSR count). The molecule has 2 aromatic carbocycles. The first-order valence-electron chi connectivity index (χ1n) is 9.51. The largest absolute Gasteiger partial charge is 0.493 e. The molecule has 0 aliphatic heterocycles. The summed E-state index contributed by atoms with van der Waals surface area (Å²) in [4.78, 5) is 18.3. The highest BCUT2D eigenvalue weighted by Crippen LogP contribution is 2.32. The van der Waals surface area contributed by atoms with Crippen molar-refractivity contribution in [3.63, 3.8) is 0 Å². The second-order valence-electron chi connectivity index (χ2n) is 8.10.